The van der Waals surface area contributed by atoms with Crippen molar-refractivity contribution in [2.75, 3.05) is 26.7 Å². The van der Waals surface area contributed by atoms with Crippen LogP contribution in [0.25, 0.3) is 10.6 Å². The average molecular weight is 361 g/mol. The molecular weight excluding hydrogens is 338 g/mol. The van der Waals surface area contributed by atoms with Gasteiger partial charge in [-0.2, -0.15) is 0 Å². The van der Waals surface area contributed by atoms with Gasteiger partial charge in [0.2, 0.25) is 5.91 Å². The average Bonchev–Trinajstić information content (AvgIpc) is 3.04. The van der Waals surface area contributed by atoms with E-state index in [2.05, 4.69) is 10.3 Å². The maximum atomic E-state index is 12.0. The molecule has 0 unspecified atom stereocenters. The molecule has 1 aromatic heterocycles. The van der Waals surface area contributed by atoms with Gasteiger partial charge in [-0.1, -0.05) is 6.92 Å². The van der Waals surface area contributed by atoms with Crippen LogP contribution in [0.4, 0.5) is 0 Å². The van der Waals surface area contributed by atoms with E-state index >= 15 is 0 Å². The number of benzene rings is 1. The lowest BCUT2D eigenvalue weighted by Crippen LogP contribution is -2.40. The summed E-state index contributed by atoms with van der Waals surface area (Å²) in [4.78, 5) is 29.4. The lowest BCUT2D eigenvalue weighted by atomic mass is 10.2. The third kappa shape index (κ3) is 5.86. The van der Waals surface area contributed by atoms with Crippen molar-refractivity contribution < 1.29 is 14.3 Å². The van der Waals surface area contributed by atoms with Crippen LogP contribution in [-0.2, 0) is 9.59 Å². The van der Waals surface area contributed by atoms with Gasteiger partial charge < -0.3 is 15.0 Å². The SMILES string of the molecule is CCCNC(=O)CN(C)C(=O)COc1ccc(-c2nc(C)cs2)cc1. The number of thiazole rings is 1. The molecule has 1 aromatic carbocycles. The number of rotatable bonds is 8. The van der Waals surface area contributed by atoms with Crippen LogP contribution in [0.1, 0.15) is 19.0 Å². The predicted octanol–water partition coefficient (Wildman–Crippen LogP) is 2.48. The number of aryl methyl sites for hydroxylation is 1. The number of hydrogen-bond donors (Lipinski definition) is 1. The summed E-state index contributed by atoms with van der Waals surface area (Å²) >= 11 is 1.59. The van der Waals surface area contributed by atoms with E-state index in [1.54, 1.807) is 18.4 Å². The van der Waals surface area contributed by atoms with E-state index < -0.39 is 0 Å². The van der Waals surface area contributed by atoms with Crippen molar-refractivity contribution in [1.82, 2.24) is 15.2 Å². The minimum Gasteiger partial charge on any atom is -0.484 e. The monoisotopic (exact) mass is 361 g/mol. The Hall–Kier alpha value is -2.41. The van der Waals surface area contributed by atoms with Crippen molar-refractivity contribution in [2.45, 2.75) is 20.3 Å². The molecule has 0 saturated heterocycles. The van der Waals surface area contributed by atoms with Gasteiger partial charge in [0.15, 0.2) is 6.61 Å². The zero-order valence-electron chi connectivity index (χ0n) is 14.7. The highest BCUT2D eigenvalue weighted by molar-refractivity contribution is 7.13. The maximum absolute atomic E-state index is 12.0. The van der Waals surface area contributed by atoms with Gasteiger partial charge >= 0.3 is 0 Å². The van der Waals surface area contributed by atoms with Gasteiger partial charge in [-0.05, 0) is 37.6 Å². The number of ether oxygens (including phenoxy) is 1. The first-order valence-electron chi connectivity index (χ1n) is 8.15. The molecule has 1 heterocycles. The van der Waals surface area contributed by atoms with Crippen LogP contribution in [0.3, 0.4) is 0 Å². The van der Waals surface area contributed by atoms with Crippen LogP contribution in [-0.4, -0.2) is 48.4 Å². The molecule has 134 valence electrons. The fourth-order valence-corrected chi connectivity index (χ4v) is 2.86. The normalized spacial score (nSPS) is 10.4. The van der Waals surface area contributed by atoms with Crippen LogP contribution in [0, 0.1) is 6.92 Å². The van der Waals surface area contributed by atoms with Crippen LogP contribution in [0.5, 0.6) is 5.75 Å². The van der Waals surface area contributed by atoms with E-state index in [1.165, 1.54) is 4.90 Å². The molecule has 0 aliphatic heterocycles. The van der Waals surface area contributed by atoms with E-state index in [4.69, 9.17) is 4.74 Å². The number of amides is 2. The van der Waals surface area contributed by atoms with E-state index in [0.29, 0.717) is 12.3 Å². The van der Waals surface area contributed by atoms with Gasteiger partial charge in [-0.3, -0.25) is 9.59 Å². The van der Waals surface area contributed by atoms with Gasteiger partial charge in [-0.15, -0.1) is 11.3 Å². The van der Waals surface area contributed by atoms with Gasteiger partial charge in [0.1, 0.15) is 10.8 Å². The van der Waals surface area contributed by atoms with Crippen molar-refractivity contribution in [1.29, 1.82) is 0 Å². The molecule has 6 nitrogen and oxygen atoms in total. The zero-order chi connectivity index (χ0) is 18.2. The van der Waals surface area contributed by atoms with Gasteiger partial charge in [0, 0.05) is 30.2 Å². The second-order valence-electron chi connectivity index (χ2n) is 5.71. The van der Waals surface area contributed by atoms with Crippen molar-refractivity contribution in [3.05, 3.63) is 35.3 Å². The van der Waals surface area contributed by atoms with Crippen LogP contribution in [0.15, 0.2) is 29.6 Å². The first kappa shape index (κ1) is 18.9. The molecule has 0 radical (unpaired) electrons. The second-order valence-corrected chi connectivity index (χ2v) is 6.56. The number of hydrogen-bond acceptors (Lipinski definition) is 5. The third-order valence-corrected chi connectivity index (χ3v) is 4.47. The molecule has 0 fully saturated rings. The zero-order valence-corrected chi connectivity index (χ0v) is 15.6. The standard InChI is InChI=1S/C18H23N3O3S/c1-4-9-19-16(22)10-21(3)17(23)11-24-15-7-5-14(6-8-15)18-20-13(2)12-25-18/h5-8,12H,4,9-11H2,1-3H3,(H,19,22). The Kier molecular flexibility index (Phi) is 6.94. The van der Waals surface area contributed by atoms with Crippen LogP contribution in [0.2, 0.25) is 0 Å². The lowest BCUT2D eigenvalue weighted by Gasteiger charge is -2.17. The van der Waals surface area contributed by atoms with Crippen molar-refractivity contribution in [3.63, 3.8) is 0 Å². The maximum Gasteiger partial charge on any atom is 0.260 e. The first-order valence-corrected chi connectivity index (χ1v) is 9.03. The third-order valence-electron chi connectivity index (χ3n) is 3.46. The molecule has 0 atom stereocenters. The quantitative estimate of drug-likeness (QED) is 0.784. The Bertz CT molecular complexity index is 713. The molecular formula is C18H23N3O3S. The summed E-state index contributed by atoms with van der Waals surface area (Å²) in [6.45, 7) is 4.48. The van der Waals surface area contributed by atoms with Crippen LogP contribution < -0.4 is 10.1 Å². The van der Waals surface area contributed by atoms with E-state index in [-0.39, 0.29) is 25.0 Å². The molecule has 0 aliphatic rings. The summed E-state index contributed by atoms with van der Waals surface area (Å²) in [5, 5.41) is 5.70. The fraction of sp³-hybridized carbons (Fsp3) is 0.389. The molecule has 0 saturated carbocycles. The number of aromatic nitrogens is 1. The number of nitrogens with one attached hydrogen (secondary N) is 1. The Labute approximate surface area is 151 Å². The Morgan fingerprint density at radius 2 is 2.00 bits per heavy atom. The minimum atomic E-state index is -0.244. The molecule has 2 amide bonds. The van der Waals surface area contributed by atoms with E-state index in [9.17, 15) is 9.59 Å². The first-order chi connectivity index (χ1) is 12.0. The summed E-state index contributed by atoms with van der Waals surface area (Å²) in [6.07, 6.45) is 0.864. The summed E-state index contributed by atoms with van der Waals surface area (Å²) in [5.41, 5.74) is 2.01. The van der Waals surface area contributed by atoms with Gasteiger partial charge in [0.05, 0.1) is 6.54 Å². The molecule has 1 N–H and O–H groups in total. The molecule has 25 heavy (non-hydrogen) atoms. The second kappa shape index (κ2) is 9.17. The highest BCUT2D eigenvalue weighted by atomic mass is 32.1. The highest BCUT2D eigenvalue weighted by Gasteiger charge is 2.13. The van der Waals surface area contributed by atoms with Crippen molar-refractivity contribution in [3.8, 4) is 16.3 Å². The largest absolute Gasteiger partial charge is 0.484 e. The molecule has 7 heteroatoms. The van der Waals surface area contributed by atoms with E-state index in [1.807, 2.05) is 43.5 Å². The lowest BCUT2D eigenvalue weighted by molar-refractivity contribution is -0.136. The van der Waals surface area contributed by atoms with E-state index in [0.717, 1.165) is 22.7 Å². The smallest absolute Gasteiger partial charge is 0.260 e. The Morgan fingerprint density at radius 1 is 1.28 bits per heavy atom. The highest BCUT2D eigenvalue weighted by Crippen LogP contribution is 2.25. The summed E-state index contributed by atoms with van der Waals surface area (Å²) < 4.78 is 5.51. The molecule has 2 aromatic rings. The molecule has 0 aliphatic carbocycles. The number of likely N-dealkylation sites (N-methyl/N-ethyl adjacent to an activating group) is 1. The summed E-state index contributed by atoms with van der Waals surface area (Å²) in [5.74, 6) is 0.196. The number of carbonyl (C=O) groups excluding carboxylic acids is 2. The number of nitrogens with zero attached hydrogens (tertiary/aromatic N) is 2. The fourth-order valence-electron chi connectivity index (χ4n) is 2.06. The predicted molar refractivity (Wildman–Crippen MR) is 98.7 cm³/mol. The summed E-state index contributed by atoms with van der Waals surface area (Å²) in [6, 6.07) is 7.46. The Morgan fingerprint density at radius 3 is 2.60 bits per heavy atom. The van der Waals surface area contributed by atoms with Gasteiger partial charge in [-0.25, -0.2) is 4.98 Å². The minimum absolute atomic E-state index is 0.0323. The molecule has 2 rings (SSSR count). The molecule has 0 bridgehead atoms. The van der Waals surface area contributed by atoms with Crippen LogP contribution >= 0.6 is 11.3 Å². The number of carbonyl (C=O) groups is 2. The topological polar surface area (TPSA) is 71.5 Å². The Balaban J connectivity index is 1.82. The van der Waals surface area contributed by atoms with Gasteiger partial charge in [0.25, 0.3) is 5.91 Å². The van der Waals surface area contributed by atoms with Crippen molar-refractivity contribution in [2.24, 2.45) is 0 Å². The van der Waals surface area contributed by atoms with Crippen molar-refractivity contribution >= 4 is 23.2 Å². The summed E-state index contributed by atoms with van der Waals surface area (Å²) in [7, 11) is 1.59. The molecule has 0 spiro atoms.